The summed E-state index contributed by atoms with van der Waals surface area (Å²) in [5.74, 6) is 0.639. The third kappa shape index (κ3) is 4.39. The molecule has 5 nitrogen and oxygen atoms in total. The summed E-state index contributed by atoms with van der Waals surface area (Å²) in [5.41, 5.74) is 3.68. The fraction of sp³-hybridized carbons (Fsp3) is 0.136. The van der Waals surface area contributed by atoms with Crippen molar-refractivity contribution >= 4 is 52.4 Å². The van der Waals surface area contributed by atoms with Crippen molar-refractivity contribution in [3.63, 3.8) is 0 Å². The first-order valence-electron chi connectivity index (χ1n) is 9.21. The molecule has 3 aromatic rings. The molecule has 150 valence electrons. The molecule has 1 amide bonds. The van der Waals surface area contributed by atoms with Gasteiger partial charge in [-0.05, 0) is 60.3 Å². The zero-order valence-electron chi connectivity index (χ0n) is 15.7. The fourth-order valence-corrected chi connectivity index (χ4v) is 4.60. The molecule has 0 bridgehead atoms. The second-order valence-corrected chi connectivity index (χ2v) is 8.58. The number of anilines is 2. The van der Waals surface area contributed by atoms with Gasteiger partial charge in [-0.25, -0.2) is 0 Å². The number of pyridine rings is 1. The highest BCUT2D eigenvalue weighted by Gasteiger charge is 2.20. The summed E-state index contributed by atoms with van der Waals surface area (Å²) in [6.07, 6.45) is 4.46. The van der Waals surface area contributed by atoms with Crippen LogP contribution in [0.5, 0.6) is 0 Å². The molecule has 1 N–H and O–H groups in total. The first-order valence-corrected chi connectivity index (χ1v) is 10.9. The molecule has 1 fully saturated rings. The number of nitrogens with one attached hydrogen (secondary N) is 1. The van der Waals surface area contributed by atoms with Crippen molar-refractivity contribution in [3.05, 3.63) is 76.0 Å². The second kappa shape index (κ2) is 8.97. The molecule has 4 rings (SSSR count). The molecule has 0 radical (unpaired) electrons. The van der Waals surface area contributed by atoms with E-state index in [0.29, 0.717) is 16.3 Å². The highest BCUT2D eigenvalue weighted by atomic mass is 35.5. The number of carbonyl (C=O) groups is 1. The Labute approximate surface area is 188 Å². The molecule has 0 saturated carbocycles. The molecule has 30 heavy (non-hydrogen) atoms. The molecule has 0 atom stereocenters. The molecule has 1 aromatic heterocycles. The zero-order valence-corrected chi connectivity index (χ0v) is 18.1. The van der Waals surface area contributed by atoms with Gasteiger partial charge in [0.05, 0.1) is 27.2 Å². The van der Waals surface area contributed by atoms with Gasteiger partial charge in [-0.1, -0.05) is 29.3 Å². The van der Waals surface area contributed by atoms with Crippen molar-refractivity contribution in [2.24, 2.45) is 0 Å². The predicted octanol–water partition coefficient (Wildman–Crippen LogP) is 6.04. The number of amides is 1. The number of rotatable bonds is 4. The van der Waals surface area contributed by atoms with Gasteiger partial charge in [0, 0.05) is 41.6 Å². The monoisotopic (exact) mass is 454 g/mol. The van der Waals surface area contributed by atoms with E-state index in [4.69, 9.17) is 23.2 Å². The lowest BCUT2D eigenvalue weighted by atomic mass is 10.0. The Balaban J connectivity index is 1.66. The number of hydrogen-bond donors (Lipinski definition) is 1. The summed E-state index contributed by atoms with van der Waals surface area (Å²) in [7, 11) is 0. The summed E-state index contributed by atoms with van der Waals surface area (Å²) in [5, 5.41) is 12.8. The van der Waals surface area contributed by atoms with Crippen LogP contribution in [0, 0.1) is 11.3 Å². The molecule has 0 unspecified atom stereocenters. The quantitative estimate of drug-likeness (QED) is 0.486. The van der Waals surface area contributed by atoms with Crippen LogP contribution in [0.2, 0.25) is 10.0 Å². The average Bonchev–Trinajstić information content (AvgIpc) is 3.31. The van der Waals surface area contributed by atoms with Gasteiger partial charge < -0.3 is 9.62 Å². The van der Waals surface area contributed by atoms with Crippen molar-refractivity contribution in [2.45, 2.75) is 6.42 Å². The SMILES string of the molecule is N#Cc1cc(NC(=O)c2cc(N3CCCS3)cc(Cl)c2Cl)cc(-c2cccnc2)c1. The molecule has 0 spiro atoms. The van der Waals surface area contributed by atoms with Crippen LogP contribution in [0.15, 0.2) is 54.9 Å². The topological polar surface area (TPSA) is 69.0 Å². The van der Waals surface area contributed by atoms with Gasteiger partial charge in [-0.2, -0.15) is 5.26 Å². The van der Waals surface area contributed by atoms with E-state index >= 15 is 0 Å². The highest BCUT2D eigenvalue weighted by Crippen LogP contribution is 2.36. The van der Waals surface area contributed by atoms with E-state index in [0.717, 1.165) is 35.5 Å². The first kappa shape index (κ1) is 20.5. The highest BCUT2D eigenvalue weighted by molar-refractivity contribution is 8.00. The molecule has 2 aromatic carbocycles. The Bertz CT molecular complexity index is 1140. The minimum absolute atomic E-state index is 0.200. The summed E-state index contributed by atoms with van der Waals surface area (Å²) in [6, 6.07) is 14.5. The normalized spacial score (nSPS) is 13.2. The summed E-state index contributed by atoms with van der Waals surface area (Å²) >= 11 is 14.3. The van der Waals surface area contributed by atoms with Gasteiger partial charge in [-0.3, -0.25) is 9.78 Å². The maximum Gasteiger partial charge on any atom is 0.257 e. The van der Waals surface area contributed by atoms with Gasteiger partial charge in [0.1, 0.15) is 0 Å². The van der Waals surface area contributed by atoms with Crippen molar-refractivity contribution < 1.29 is 4.79 Å². The van der Waals surface area contributed by atoms with Crippen molar-refractivity contribution in [1.82, 2.24) is 4.98 Å². The largest absolute Gasteiger partial charge is 0.322 e. The molecule has 8 heteroatoms. The van der Waals surface area contributed by atoms with E-state index < -0.39 is 0 Å². The molecule has 2 heterocycles. The van der Waals surface area contributed by atoms with E-state index in [1.807, 2.05) is 12.1 Å². The summed E-state index contributed by atoms with van der Waals surface area (Å²) < 4.78 is 2.11. The number of benzene rings is 2. The smallest absolute Gasteiger partial charge is 0.257 e. The molecule has 0 aliphatic carbocycles. The van der Waals surface area contributed by atoms with E-state index in [2.05, 4.69) is 20.7 Å². The molecular weight excluding hydrogens is 439 g/mol. The van der Waals surface area contributed by atoms with Crippen molar-refractivity contribution in [3.8, 4) is 17.2 Å². The van der Waals surface area contributed by atoms with Gasteiger partial charge in [0.15, 0.2) is 0 Å². The Morgan fingerprint density at radius 3 is 2.77 bits per heavy atom. The lowest BCUT2D eigenvalue weighted by Gasteiger charge is -2.18. The molecular formula is C22H16Cl2N4OS. The van der Waals surface area contributed by atoms with Crippen LogP contribution in [0.25, 0.3) is 11.1 Å². The molecule has 1 aliphatic heterocycles. The maximum absolute atomic E-state index is 13.0. The Morgan fingerprint density at radius 2 is 2.07 bits per heavy atom. The van der Waals surface area contributed by atoms with Gasteiger partial charge in [-0.15, -0.1) is 0 Å². The van der Waals surface area contributed by atoms with Crippen LogP contribution >= 0.6 is 35.1 Å². The fourth-order valence-electron chi connectivity index (χ4n) is 3.20. The number of nitrogens with zero attached hydrogens (tertiary/aromatic N) is 3. The third-order valence-corrected chi connectivity index (χ3v) is 6.59. The van der Waals surface area contributed by atoms with E-state index in [-0.39, 0.29) is 16.5 Å². The zero-order chi connectivity index (χ0) is 21.1. The number of carbonyl (C=O) groups excluding carboxylic acids is 1. The Kier molecular flexibility index (Phi) is 6.14. The van der Waals surface area contributed by atoms with E-state index in [9.17, 15) is 10.1 Å². The van der Waals surface area contributed by atoms with Crippen LogP contribution < -0.4 is 9.62 Å². The predicted molar refractivity (Wildman–Crippen MR) is 123 cm³/mol. The average molecular weight is 455 g/mol. The van der Waals surface area contributed by atoms with Crippen LogP contribution in [0.1, 0.15) is 22.3 Å². The molecule has 1 aliphatic rings. The summed E-state index contributed by atoms with van der Waals surface area (Å²) in [6.45, 7) is 0.891. The summed E-state index contributed by atoms with van der Waals surface area (Å²) in [4.78, 5) is 17.1. The van der Waals surface area contributed by atoms with E-state index in [1.54, 1.807) is 54.7 Å². The van der Waals surface area contributed by atoms with Gasteiger partial charge >= 0.3 is 0 Å². The van der Waals surface area contributed by atoms with Crippen molar-refractivity contribution in [1.29, 1.82) is 5.26 Å². The second-order valence-electron chi connectivity index (χ2n) is 6.68. The van der Waals surface area contributed by atoms with Crippen LogP contribution in [-0.2, 0) is 0 Å². The lowest BCUT2D eigenvalue weighted by Crippen LogP contribution is -2.15. The number of aromatic nitrogens is 1. The minimum Gasteiger partial charge on any atom is -0.322 e. The standard InChI is InChI=1S/C22H16Cl2N4OS/c23-20-11-18(28-5-2-6-30-28)10-19(21(20)24)22(29)27-17-8-14(12-25)7-16(9-17)15-3-1-4-26-13-15/h1,3-4,7-11,13H,2,5-6H2,(H,27,29). The van der Waals surface area contributed by atoms with Crippen LogP contribution in [0.4, 0.5) is 11.4 Å². The third-order valence-electron chi connectivity index (χ3n) is 4.61. The van der Waals surface area contributed by atoms with Crippen LogP contribution in [-0.4, -0.2) is 23.2 Å². The Morgan fingerprint density at radius 1 is 1.20 bits per heavy atom. The van der Waals surface area contributed by atoms with Crippen LogP contribution in [0.3, 0.4) is 0 Å². The van der Waals surface area contributed by atoms with Gasteiger partial charge in [0.25, 0.3) is 5.91 Å². The van der Waals surface area contributed by atoms with Crippen molar-refractivity contribution in [2.75, 3.05) is 21.9 Å². The number of nitriles is 1. The number of hydrogen-bond acceptors (Lipinski definition) is 5. The lowest BCUT2D eigenvalue weighted by molar-refractivity contribution is 0.102. The number of halogens is 2. The first-order chi connectivity index (χ1) is 14.5. The van der Waals surface area contributed by atoms with Gasteiger partial charge in [0.2, 0.25) is 0 Å². The Hall–Kier alpha value is -2.72. The maximum atomic E-state index is 13.0. The molecule has 1 saturated heterocycles. The minimum atomic E-state index is -0.389. The van der Waals surface area contributed by atoms with E-state index in [1.165, 1.54) is 0 Å².